The molecule has 1 aliphatic rings. The standard InChI is InChI=1S/C12H17N3O3/c1-16-11-8-10(15-3-5-18-6-4-15)12(17-2)7-9(11)14-13/h7-8,13H,3-6H2,1-2H3/p+1. The van der Waals surface area contributed by atoms with E-state index in [0.717, 1.165) is 24.5 Å². The Morgan fingerprint density at radius 2 is 1.83 bits per heavy atom. The summed E-state index contributed by atoms with van der Waals surface area (Å²) < 4.78 is 16.0. The molecule has 18 heavy (non-hydrogen) atoms. The van der Waals surface area contributed by atoms with E-state index in [9.17, 15) is 0 Å². The van der Waals surface area contributed by atoms with Gasteiger partial charge in [0.2, 0.25) is 0 Å². The van der Waals surface area contributed by atoms with Gasteiger partial charge >= 0.3 is 0 Å². The molecule has 0 saturated carbocycles. The fourth-order valence-electron chi connectivity index (χ4n) is 2.02. The average molecular weight is 252 g/mol. The average Bonchev–Trinajstić information content (AvgIpc) is 2.46. The first-order valence-electron chi connectivity index (χ1n) is 5.79. The molecule has 6 heteroatoms. The summed E-state index contributed by atoms with van der Waals surface area (Å²) in [5.41, 5.74) is 6.89. The van der Waals surface area contributed by atoms with Crippen molar-refractivity contribution >= 4 is 11.4 Å². The lowest BCUT2D eigenvalue weighted by Crippen LogP contribution is -2.36. The minimum Gasteiger partial charge on any atom is -0.494 e. The topological polar surface area (TPSA) is 68.9 Å². The van der Waals surface area contributed by atoms with Crippen LogP contribution < -0.4 is 19.9 Å². The van der Waals surface area contributed by atoms with Gasteiger partial charge in [0.1, 0.15) is 5.75 Å². The van der Waals surface area contributed by atoms with E-state index in [1.165, 1.54) is 0 Å². The Morgan fingerprint density at radius 1 is 1.17 bits per heavy atom. The maximum absolute atomic E-state index is 5.39. The Bertz CT molecular complexity index is 431. The lowest BCUT2D eigenvalue weighted by atomic mass is 10.2. The van der Waals surface area contributed by atoms with E-state index in [2.05, 4.69) is 10.0 Å². The molecule has 1 aliphatic heterocycles. The number of hydrogen-bond acceptors (Lipinski definition) is 5. The Balaban J connectivity index is 2.40. The summed E-state index contributed by atoms with van der Waals surface area (Å²) >= 11 is 0. The molecule has 1 saturated heterocycles. The highest BCUT2D eigenvalue weighted by Gasteiger charge is 2.19. The van der Waals surface area contributed by atoms with Crippen molar-refractivity contribution in [3.63, 3.8) is 0 Å². The Labute approximate surface area is 106 Å². The van der Waals surface area contributed by atoms with Crippen LogP contribution in [0.15, 0.2) is 17.2 Å². The van der Waals surface area contributed by atoms with Gasteiger partial charge in [-0.1, -0.05) is 0 Å². The summed E-state index contributed by atoms with van der Waals surface area (Å²) in [7, 11) is 3.23. The number of hydrogen-bond donors (Lipinski definition) is 1. The molecule has 0 aromatic heterocycles. The van der Waals surface area contributed by atoms with Crippen LogP contribution in [-0.4, -0.2) is 40.5 Å². The first-order chi connectivity index (χ1) is 8.80. The van der Waals surface area contributed by atoms with E-state index in [0.29, 0.717) is 24.7 Å². The molecule has 1 fully saturated rings. The highest BCUT2D eigenvalue weighted by Crippen LogP contribution is 2.39. The van der Waals surface area contributed by atoms with Crippen molar-refractivity contribution in [2.24, 2.45) is 5.11 Å². The van der Waals surface area contributed by atoms with E-state index in [1.54, 1.807) is 20.3 Å². The molecular weight excluding hydrogens is 234 g/mol. The summed E-state index contributed by atoms with van der Waals surface area (Å²) in [4.78, 5) is 2.20. The second-order valence-corrected chi connectivity index (χ2v) is 3.92. The number of nitrogens with zero attached hydrogens (tertiary/aromatic N) is 2. The van der Waals surface area contributed by atoms with Gasteiger partial charge in [0.15, 0.2) is 11.4 Å². The number of anilines is 1. The molecule has 6 nitrogen and oxygen atoms in total. The second kappa shape index (κ2) is 5.68. The minimum absolute atomic E-state index is 0.575. The van der Waals surface area contributed by atoms with E-state index in [-0.39, 0.29) is 0 Å². The normalized spacial score (nSPS) is 15.3. The SMILES string of the molecule is COc1cc(N2CCOCC2)c(OC)cc1N=[NH2+]. The third-order valence-electron chi connectivity index (χ3n) is 2.97. The van der Waals surface area contributed by atoms with Gasteiger partial charge in [-0.15, -0.1) is 0 Å². The molecule has 0 radical (unpaired) electrons. The zero-order valence-corrected chi connectivity index (χ0v) is 10.7. The van der Waals surface area contributed by atoms with Crippen LogP contribution in [0.3, 0.4) is 0 Å². The van der Waals surface area contributed by atoms with Gasteiger partial charge < -0.3 is 19.1 Å². The lowest BCUT2D eigenvalue weighted by Gasteiger charge is -2.30. The van der Waals surface area contributed by atoms with Gasteiger partial charge in [0, 0.05) is 25.2 Å². The largest absolute Gasteiger partial charge is 0.494 e. The van der Waals surface area contributed by atoms with Crippen molar-refractivity contribution in [1.29, 1.82) is 0 Å². The molecule has 0 bridgehead atoms. The summed E-state index contributed by atoms with van der Waals surface area (Å²) in [5.74, 6) is 1.38. The van der Waals surface area contributed by atoms with E-state index >= 15 is 0 Å². The second-order valence-electron chi connectivity index (χ2n) is 3.92. The number of ether oxygens (including phenoxy) is 3. The van der Waals surface area contributed by atoms with Crippen LogP contribution in [0.2, 0.25) is 0 Å². The highest BCUT2D eigenvalue weighted by atomic mass is 16.5. The summed E-state index contributed by atoms with van der Waals surface area (Å²) in [6, 6.07) is 3.68. The van der Waals surface area contributed by atoms with Gasteiger partial charge in [-0.05, 0) is 5.11 Å². The first-order valence-corrected chi connectivity index (χ1v) is 5.79. The number of methoxy groups -OCH3 is 2. The molecule has 1 heterocycles. The van der Waals surface area contributed by atoms with Crippen LogP contribution in [0, 0.1) is 0 Å². The van der Waals surface area contributed by atoms with Crippen LogP contribution in [-0.2, 0) is 4.74 Å². The number of nitrogens with two attached hydrogens (primary N) is 1. The monoisotopic (exact) mass is 252 g/mol. The van der Waals surface area contributed by atoms with Crippen molar-refractivity contribution in [2.45, 2.75) is 0 Å². The molecule has 2 rings (SSSR count). The fraction of sp³-hybridized carbons (Fsp3) is 0.500. The maximum Gasteiger partial charge on any atom is 0.175 e. The summed E-state index contributed by atoms with van der Waals surface area (Å²) in [6.45, 7) is 3.10. The van der Waals surface area contributed by atoms with Gasteiger partial charge in [-0.2, -0.15) is 5.53 Å². The number of rotatable bonds is 4. The quantitative estimate of drug-likeness (QED) is 0.787. The van der Waals surface area contributed by atoms with Crippen LogP contribution in [0.4, 0.5) is 11.4 Å². The minimum atomic E-state index is 0.575. The van der Waals surface area contributed by atoms with Gasteiger partial charge in [-0.25, -0.2) is 0 Å². The van der Waals surface area contributed by atoms with Crippen molar-refractivity contribution in [1.82, 2.24) is 0 Å². The van der Waals surface area contributed by atoms with Gasteiger partial charge in [0.25, 0.3) is 0 Å². The Hall–Kier alpha value is -1.82. The van der Waals surface area contributed by atoms with Crippen molar-refractivity contribution in [2.75, 3.05) is 45.4 Å². The predicted octanol–water partition coefficient (Wildman–Crippen LogP) is 0.383. The zero-order valence-electron chi connectivity index (χ0n) is 10.7. The smallest absolute Gasteiger partial charge is 0.175 e. The van der Waals surface area contributed by atoms with Crippen molar-refractivity contribution in [3.05, 3.63) is 12.1 Å². The molecule has 0 spiro atoms. The maximum atomic E-state index is 5.39. The van der Waals surface area contributed by atoms with Gasteiger partial charge in [0.05, 0.1) is 33.1 Å². The van der Waals surface area contributed by atoms with E-state index in [1.807, 2.05) is 6.07 Å². The van der Waals surface area contributed by atoms with E-state index in [4.69, 9.17) is 19.7 Å². The lowest BCUT2D eigenvalue weighted by molar-refractivity contribution is -0.210. The molecule has 0 unspecified atom stereocenters. The molecule has 2 N–H and O–H groups in total. The third-order valence-corrected chi connectivity index (χ3v) is 2.97. The van der Waals surface area contributed by atoms with Crippen LogP contribution in [0.1, 0.15) is 0 Å². The Morgan fingerprint density at radius 3 is 2.39 bits per heavy atom. The van der Waals surface area contributed by atoms with Crippen LogP contribution in [0.5, 0.6) is 11.5 Å². The third kappa shape index (κ3) is 2.38. The molecule has 0 amide bonds. The number of benzene rings is 1. The molecule has 98 valence electrons. The van der Waals surface area contributed by atoms with Gasteiger partial charge in [-0.3, -0.25) is 0 Å². The molecule has 1 aromatic rings. The first kappa shape index (κ1) is 12.6. The van der Waals surface area contributed by atoms with Crippen molar-refractivity contribution in [3.8, 4) is 11.5 Å². The molecule has 0 aliphatic carbocycles. The summed E-state index contributed by atoms with van der Waals surface area (Å²) in [5, 5.41) is 3.69. The molecule has 0 atom stereocenters. The summed E-state index contributed by atoms with van der Waals surface area (Å²) in [6.07, 6.45) is 0. The number of morpholine rings is 1. The highest BCUT2D eigenvalue weighted by molar-refractivity contribution is 5.69. The van der Waals surface area contributed by atoms with Crippen LogP contribution >= 0.6 is 0 Å². The zero-order chi connectivity index (χ0) is 13.0. The Kier molecular flexibility index (Phi) is 3.99. The van der Waals surface area contributed by atoms with Crippen molar-refractivity contribution < 1.29 is 19.7 Å². The van der Waals surface area contributed by atoms with E-state index < -0.39 is 0 Å². The molecule has 1 aromatic carbocycles. The van der Waals surface area contributed by atoms with Crippen LogP contribution in [0.25, 0.3) is 0 Å². The predicted molar refractivity (Wildman–Crippen MR) is 66.6 cm³/mol. The fourth-order valence-corrected chi connectivity index (χ4v) is 2.02. The molecular formula is C12H18N3O3+.